The summed E-state index contributed by atoms with van der Waals surface area (Å²) >= 11 is 1.16. The molecule has 0 spiro atoms. The van der Waals surface area contributed by atoms with Crippen molar-refractivity contribution >= 4 is 27.2 Å². The van der Waals surface area contributed by atoms with E-state index in [-0.39, 0.29) is 15.8 Å². The van der Waals surface area contributed by atoms with Crippen molar-refractivity contribution in [2.75, 3.05) is 45.3 Å². The molecule has 0 aliphatic carbocycles. The van der Waals surface area contributed by atoms with Gasteiger partial charge in [-0.1, -0.05) is 0 Å². The van der Waals surface area contributed by atoms with Crippen LogP contribution in [0.5, 0.6) is 11.5 Å². The quantitative estimate of drug-likeness (QED) is 0.588. The van der Waals surface area contributed by atoms with Gasteiger partial charge in [-0.3, -0.25) is 14.9 Å². The number of nitro groups is 1. The van der Waals surface area contributed by atoms with E-state index >= 15 is 0 Å². The van der Waals surface area contributed by atoms with E-state index in [1.54, 1.807) is 36.3 Å². The number of amides is 1. The fraction of sp³-hybridized carbons (Fsp3) is 0.353. The fourth-order valence-electron chi connectivity index (χ4n) is 2.87. The summed E-state index contributed by atoms with van der Waals surface area (Å²) in [5, 5.41) is 11.8. The maximum absolute atomic E-state index is 12.7. The largest absolute Gasteiger partial charge is 0.493 e. The van der Waals surface area contributed by atoms with E-state index in [2.05, 4.69) is 4.90 Å². The van der Waals surface area contributed by atoms with Crippen molar-refractivity contribution in [2.45, 2.75) is 0 Å². The predicted molar refractivity (Wildman–Crippen MR) is 98.6 cm³/mol. The second-order valence-corrected chi connectivity index (χ2v) is 6.76. The van der Waals surface area contributed by atoms with Crippen LogP contribution in [0.2, 0.25) is 0 Å². The summed E-state index contributed by atoms with van der Waals surface area (Å²) in [5.74, 6) is 1.03. The summed E-state index contributed by atoms with van der Waals surface area (Å²) in [4.78, 5) is 27.0. The molecule has 3 rings (SSSR count). The van der Waals surface area contributed by atoms with Crippen LogP contribution in [0.15, 0.2) is 30.3 Å². The van der Waals surface area contributed by atoms with Crippen molar-refractivity contribution in [3.8, 4) is 11.5 Å². The molecule has 0 atom stereocenters. The lowest BCUT2D eigenvalue weighted by molar-refractivity contribution is -0.380. The number of carbonyl (C=O) groups is 1. The first-order valence-corrected chi connectivity index (χ1v) is 8.85. The molecule has 0 saturated carbocycles. The van der Waals surface area contributed by atoms with Crippen LogP contribution in [0.1, 0.15) is 10.4 Å². The number of anilines is 1. The summed E-state index contributed by atoms with van der Waals surface area (Å²) in [6.07, 6.45) is 0. The lowest BCUT2D eigenvalue weighted by Crippen LogP contribution is -2.48. The second-order valence-electron chi connectivity index (χ2n) is 5.72. The van der Waals surface area contributed by atoms with Crippen LogP contribution < -0.4 is 14.4 Å². The molecule has 1 aliphatic heterocycles. The zero-order valence-corrected chi connectivity index (χ0v) is 15.3. The molecule has 0 radical (unpaired) electrons. The maximum atomic E-state index is 12.7. The van der Waals surface area contributed by atoms with Gasteiger partial charge in [0.05, 0.1) is 24.1 Å². The molecule has 1 aromatic carbocycles. The van der Waals surface area contributed by atoms with Crippen LogP contribution >= 0.6 is 11.3 Å². The predicted octanol–water partition coefficient (Wildman–Crippen LogP) is 2.64. The molecule has 8 nitrogen and oxygen atoms in total. The van der Waals surface area contributed by atoms with E-state index in [4.69, 9.17) is 9.47 Å². The SMILES string of the molecule is COc1ccc(C(=O)N2CCN(c3ccc([N+](=O)[O-])s3)CC2)cc1OC. The Balaban J connectivity index is 1.65. The molecule has 9 heteroatoms. The standard InChI is InChI=1S/C17H19N3O5S/c1-24-13-4-3-12(11-14(13)25-2)17(21)19-9-7-18(8-10-19)15-5-6-16(26-15)20(22)23/h3-6,11H,7-10H2,1-2H3. The first kappa shape index (κ1) is 18.0. The first-order valence-electron chi connectivity index (χ1n) is 8.04. The van der Waals surface area contributed by atoms with Gasteiger partial charge in [0.2, 0.25) is 0 Å². The van der Waals surface area contributed by atoms with Crippen molar-refractivity contribution in [3.63, 3.8) is 0 Å². The van der Waals surface area contributed by atoms with E-state index in [0.717, 1.165) is 16.3 Å². The molecule has 138 valence electrons. The minimum absolute atomic E-state index is 0.0669. The van der Waals surface area contributed by atoms with E-state index in [1.807, 2.05) is 0 Å². The number of nitrogens with zero attached hydrogens (tertiary/aromatic N) is 3. The molecule has 2 aromatic rings. The van der Waals surface area contributed by atoms with Gasteiger partial charge in [0, 0.05) is 37.8 Å². The highest BCUT2D eigenvalue weighted by Gasteiger charge is 2.24. The van der Waals surface area contributed by atoms with Crippen LogP contribution in [0.4, 0.5) is 10.0 Å². The minimum atomic E-state index is -0.384. The summed E-state index contributed by atoms with van der Waals surface area (Å²) in [6.45, 7) is 2.38. The van der Waals surface area contributed by atoms with Gasteiger partial charge in [-0.25, -0.2) is 0 Å². The molecule has 0 bridgehead atoms. The van der Waals surface area contributed by atoms with Gasteiger partial charge in [0.15, 0.2) is 11.5 Å². The molecule has 1 aliphatic rings. The molecule has 2 heterocycles. The normalized spacial score (nSPS) is 14.2. The van der Waals surface area contributed by atoms with Crippen molar-refractivity contribution < 1.29 is 19.2 Å². The molecule has 0 unspecified atom stereocenters. The number of rotatable bonds is 5. The highest BCUT2D eigenvalue weighted by Crippen LogP contribution is 2.32. The van der Waals surface area contributed by atoms with Crippen LogP contribution in [0.3, 0.4) is 0 Å². The Morgan fingerprint density at radius 3 is 2.35 bits per heavy atom. The van der Waals surface area contributed by atoms with Crippen molar-refractivity contribution in [1.29, 1.82) is 0 Å². The molecular formula is C17H19N3O5S. The van der Waals surface area contributed by atoms with Gasteiger partial charge in [-0.15, -0.1) is 0 Å². The number of hydrogen-bond donors (Lipinski definition) is 0. The molecule has 0 N–H and O–H groups in total. The molecule has 1 saturated heterocycles. The summed E-state index contributed by atoms with van der Waals surface area (Å²) < 4.78 is 10.4. The van der Waals surface area contributed by atoms with E-state index in [1.165, 1.54) is 13.2 Å². The number of ether oxygens (including phenoxy) is 2. The number of carbonyl (C=O) groups excluding carboxylic acids is 1. The second kappa shape index (κ2) is 7.61. The fourth-order valence-corrected chi connectivity index (χ4v) is 3.74. The zero-order chi connectivity index (χ0) is 18.7. The number of benzene rings is 1. The Labute approximate surface area is 154 Å². The summed E-state index contributed by atoms with van der Waals surface area (Å²) in [6, 6.07) is 8.39. The third kappa shape index (κ3) is 3.57. The van der Waals surface area contributed by atoms with Crippen LogP contribution in [0.25, 0.3) is 0 Å². The Bertz CT molecular complexity index is 814. The Hall–Kier alpha value is -2.81. The van der Waals surface area contributed by atoms with Crippen molar-refractivity contribution in [2.24, 2.45) is 0 Å². The molecule has 1 amide bonds. The monoisotopic (exact) mass is 377 g/mol. The Kier molecular flexibility index (Phi) is 5.27. The number of thiophene rings is 1. The van der Waals surface area contributed by atoms with Gasteiger partial charge < -0.3 is 19.3 Å². The molecule has 1 fully saturated rings. The number of methoxy groups -OCH3 is 2. The van der Waals surface area contributed by atoms with Crippen molar-refractivity contribution in [1.82, 2.24) is 4.90 Å². The van der Waals surface area contributed by atoms with Crippen LogP contribution in [-0.4, -0.2) is 56.1 Å². The smallest absolute Gasteiger partial charge is 0.326 e. The topological polar surface area (TPSA) is 85.2 Å². The average Bonchev–Trinajstić information content (AvgIpc) is 3.17. The highest BCUT2D eigenvalue weighted by atomic mass is 32.1. The van der Waals surface area contributed by atoms with Gasteiger partial charge in [0.25, 0.3) is 5.91 Å². The molecular weight excluding hydrogens is 358 g/mol. The lowest BCUT2D eigenvalue weighted by Gasteiger charge is -2.35. The first-order chi connectivity index (χ1) is 12.5. The zero-order valence-electron chi connectivity index (χ0n) is 14.5. The van der Waals surface area contributed by atoms with Crippen molar-refractivity contribution in [3.05, 3.63) is 46.0 Å². The minimum Gasteiger partial charge on any atom is -0.493 e. The van der Waals surface area contributed by atoms with Gasteiger partial charge in [0.1, 0.15) is 0 Å². The molecule has 1 aromatic heterocycles. The third-order valence-corrected chi connectivity index (χ3v) is 5.36. The Morgan fingerprint density at radius 1 is 1.08 bits per heavy atom. The highest BCUT2D eigenvalue weighted by molar-refractivity contribution is 7.19. The van der Waals surface area contributed by atoms with Crippen LogP contribution in [-0.2, 0) is 0 Å². The van der Waals surface area contributed by atoms with E-state index < -0.39 is 0 Å². The summed E-state index contributed by atoms with van der Waals surface area (Å²) in [7, 11) is 3.08. The van der Waals surface area contributed by atoms with Gasteiger partial charge in [-0.2, -0.15) is 0 Å². The maximum Gasteiger partial charge on any atom is 0.326 e. The Morgan fingerprint density at radius 2 is 1.77 bits per heavy atom. The lowest BCUT2D eigenvalue weighted by atomic mass is 10.1. The van der Waals surface area contributed by atoms with E-state index in [0.29, 0.717) is 43.2 Å². The third-order valence-electron chi connectivity index (χ3n) is 4.27. The summed E-state index contributed by atoms with van der Waals surface area (Å²) in [5.41, 5.74) is 0.544. The van der Waals surface area contributed by atoms with Crippen LogP contribution in [0, 0.1) is 10.1 Å². The molecule has 26 heavy (non-hydrogen) atoms. The number of piperazine rings is 1. The van der Waals surface area contributed by atoms with Gasteiger partial charge in [-0.05, 0) is 35.6 Å². The van der Waals surface area contributed by atoms with Gasteiger partial charge >= 0.3 is 5.00 Å². The number of hydrogen-bond acceptors (Lipinski definition) is 7. The van der Waals surface area contributed by atoms with E-state index in [9.17, 15) is 14.9 Å². The average molecular weight is 377 g/mol.